The van der Waals surface area contributed by atoms with E-state index in [1.807, 2.05) is 24.3 Å². The molecule has 6 nitrogen and oxygen atoms in total. The maximum atomic E-state index is 12.1. The van der Waals surface area contributed by atoms with Crippen LogP contribution in [0.15, 0.2) is 42.6 Å². The van der Waals surface area contributed by atoms with Gasteiger partial charge in [0.2, 0.25) is 12.3 Å². The van der Waals surface area contributed by atoms with Crippen molar-refractivity contribution in [3.8, 4) is 0 Å². The summed E-state index contributed by atoms with van der Waals surface area (Å²) in [7, 11) is 0. The van der Waals surface area contributed by atoms with Crippen molar-refractivity contribution in [3.05, 3.63) is 53.2 Å². The molecule has 2 heterocycles. The van der Waals surface area contributed by atoms with E-state index >= 15 is 0 Å². The topological polar surface area (TPSA) is 65.5 Å². The van der Waals surface area contributed by atoms with Gasteiger partial charge in [-0.15, -0.1) is 0 Å². The Morgan fingerprint density at radius 1 is 1.12 bits per heavy atom. The lowest BCUT2D eigenvalue weighted by Gasteiger charge is -2.33. The average molecular weight is 359 g/mol. The van der Waals surface area contributed by atoms with Crippen LogP contribution in [0.1, 0.15) is 5.56 Å². The van der Waals surface area contributed by atoms with E-state index < -0.39 is 0 Å². The number of halogens is 1. The molecule has 0 radical (unpaired) electrons. The number of carbonyl (C=O) groups excluding carboxylic acids is 2. The lowest BCUT2D eigenvalue weighted by molar-refractivity contribution is -0.118. The van der Waals surface area contributed by atoms with E-state index in [2.05, 4.69) is 15.2 Å². The van der Waals surface area contributed by atoms with Crippen LogP contribution in [0.5, 0.6) is 0 Å². The summed E-state index contributed by atoms with van der Waals surface area (Å²) in [5.74, 6) is 0.748. The van der Waals surface area contributed by atoms with Crippen LogP contribution in [-0.4, -0.2) is 48.4 Å². The second-order valence-electron chi connectivity index (χ2n) is 5.88. The van der Waals surface area contributed by atoms with Gasteiger partial charge >= 0.3 is 0 Å². The second-order valence-corrected chi connectivity index (χ2v) is 6.32. The first-order chi connectivity index (χ1) is 12.1. The number of hydrogen-bond donors (Lipinski definition) is 1. The number of nitrogens with one attached hydrogen (secondary N) is 1. The minimum atomic E-state index is -0.100. The molecule has 1 saturated heterocycles. The number of carbonyl (C=O) groups is 2. The summed E-state index contributed by atoms with van der Waals surface area (Å²) in [5.41, 5.74) is 1.56. The third-order valence-corrected chi connectivity index (χ3v) is 4.35. The predicted octanol–water partition coefficient (Wildman–Crippen LogP) is 2.19. The van der Waals surface area contributed by atoms with Gasteiger partial charge in [-0.3, -0.25) is 9.59 Å². The van der Waals surface area contributed by atoms with Gasteiger partial charge in [0, 0.05) is 31.2 Å². The highest BCUT2D eigenvalue weighted by Gasteiger charge is 2.16. The Labute approximate surface area is 151 Å². The molecule has 0 bridgehead atoms. The third-order valence-electron chi connectivity index (χ3n) is 4.10. The van der Waals surface area contributed by atoms with Gasteiger partial charge in [-0.25, -0.2) is 4.98 Å². The molecule has 7 heteroatoms. The van der Waals surface area contributed by atoms with E-state index in [0.717, 1.165) is 30.9 Å². The molecule has 0 atom stereocenters. The Morgan fingerprint density at radius 3 is 2.44 bits per heavy atom. The van der Waals surface area contributed by atoms with Gasteiger partial charge in [0.25, 0.3) is 0 Å². The lowest BCUT2D eigenvalue weighted by Crippen LogP contribution is -2.46. The number of aromatic nitrogens is 1. The Kier molecular flexibility index (Phi) is 5.50. The lowest BCUT2D eigenvalue weighted by atomic mass is 10.1. The molecule has 0 saturated carbocycles. The zero-order valence-corrected chi connectivity index (χ0v) is 14.4. The Morgan fingerprint density at radius 2 is 1.84 bits per heavy atom. The standard InChI is InChI=1S/C18H19ClN4O2/c19-15-3-1-14(2-4-15)11-18(25)21-16-5-6-17(20-12-16)23-9-7-22(13-24)8-10-23/h1-6,12-13H,7-11H2,(H,21,25). The molecule has 2 aromatic rings. The van der Waals surface area contributed by atoms with Crippen molar-refractivity contribution in [3.63, 3.8) is 0 Å². The first-order valence-electron chi connectivity index (χ1n) is 8.09. The third kappa shape index (κ3) is 4.70. The monoisotopic (exact) mass is 358 g/mol. The Balaban J connectivity index is 1.54. The van der Waals surface area contributed by atoms with Gasteiger partial charge < -0.3 is 15.1 Å². The van der Waals surface area contributed by atoms with Gasteiger partial charge in [-0.1, -0.05) is 23.7 Å². The number of piperazine rings is 1. The van der Waals surface area contributed by atoms with Crippen molar-refractivity contribution in [1.29, 1.82) is 0 Å². The van der Waals surface area contributed by atoms with Gasteiger partial charge in [0.15, 0.2) is 0 Å². The van der Waals surface area contributed by atoms with Crippen molar-refractivity contribution < 1.29 is 9.59 Å². The molecular weight excluding hydrogens is 340 g/mol. The highest BCUT2D eigenvalue weighted by atomic mass is 35.5. The van der Waals surface area contributed by atoms with Crippen molar-refractivity contribution in [2.24, 2.45) is 0 Å². The van der Waals surface area contributed by atoms with Crippen LogP contribution >= 0.6 is 11.6 Å². The van der Waals surface area contributed by atoms with Crippen LogP contribution in [0.4, 0.5) is 11.5 Å². The second kappa shape index (κ2) is 7.98. The highest BCUT2D eigenvalue weighted by Crippen LogP contribution is 2.16. The van der Waals surface area contributed by atoms with E-state index in [1.165, 1.54) is 0 Å². The highest BCUT2D eigenvalue weighted by molar-refractivity contribution is 6.30. The number of rotatable bonds is 5. The van der Waals surface area contributed by atoms with Crippen molar-refractivity contribution in [2.75, 3.05) is 36.4 Å². The molecule has 1 aromatic heterocycles. The fourth-order valence-corrected chi connectivity index (χ4v) is 2.82. The summed E-state index contributed by atoms with van der Waals surface area (Å²) < 4.78 is 0. The van der Waals surface area contributed by atoms with Crippen molar-refractivity contribution in [2.45, 2.75) is 6.42 Å². The van der Waals surface area contributed by atoms with E-state index in [-0.39, 0.29) is 12.3 Å². The molecular formula is C18H19ClN4O2. The largest absolute Gasteiger partial charge is 0.353 e. The molecule has 1 aliphatic heterocycles. The summed E-state index contributed by atoms with van der Waals surface area (Å²) in [4.78, 5) is 31.1. The van der Waals surface area contributed by atoms with E-state index in [1.54, 1.807) is 23.2 Å². The van der Waals surface area contributed by atoms with Gasteiger partial charge in [0.1, 0.15) is 5.82 Å². The fraction of sp³-hybridized carbons (Fsp3) is 0.278. The first-order valence-corrected chi connectivity index (χ1v) is 8.46. The van der Waals surface area contributed by atoms with Gasteiger partial charge in [-0.05, 0) is 29.8 Å². The van der Waals surface area contributed by atoms with Crippen LogP contribution in [-0.2, 0) is 16.0 Å². The summed E-state index contributed by atoms with van der Waals surface area (Å²) in [5, 5.41) is 3.49. The summed E-state index contributed by atoms with van der Waals surface area (Å²) in [6, 6.07) is 10.9. The van der Waals surface area contributed by atoms with Gasteiger partial charge in [0.05, 0.1) is 18.3 Å². The normalized spacial score (nSPS) is 14.3. The predicted molar refractivity (Wildman–Crippen MR) is 97.9 cm³/mol. The van der Waals surface area contributed by atoms with Crippen LogP contribution < -0.4 is 10.2 Å². The van der Waals surface area contributed by atoms with Crippen LogP contribution in [0.2, 0.25) is 5.02 Å². The fourth-order valence-electron chi connectivity index (χ4n) is 2.70. The summed E-state index contributed by atoms with van der Waals surface area (Å²) >= 11 is 5.84. The molecule has 2 amide bonds. The molecule has 3 rings (SSSR count). The molecule has 25 heavy (non-hydrogen) atoms. The number of amides is 2. The maximum absolute atomic E-state index is 12.1. The van der Waals surface area contributed by atoms with Crippen molar-refractivity contribution in [1.82, 2.24) is 9.88 Å². The van der Waals surface area contributed by atoms with Crippen molar-refractivity contribution >= 4 is 35.4 Å². The zero-order valence-electron chi connectivity index (χ0n) is 13.7. The molecule has 130 valence electrons. The number of benzene rings is 1. The van der Waals surface area contributed by atoms with E-state index in [9.17, 15) is 9.59 Å². The molecule has 1 N–H and O–H groups in total. The summed E-state index contributed by atoms with van der Waals surface area (Å²) in [6.07, 6.45) is 2.82. The zero-order chi connectivity index (χ0) is 17.6. The van der Waals surface area contributed by atoms with E-state index in [4.69, 9.17) is 11.6 Å². The minimum absolute atomic E-state index is 0.100. The first kappa shape index (κ1) is 17.2. The summed E-state index contributed by atoms with van der Waals surface area (Å²) in [6.45, 7) is 2.91. The molecule has 1 aliphatic rings. The minimum Gasteiger partial charge on any atom is -0.353 e. The number of nitrogens with zero attached hydrogens (tertiary/aromatic N) is 3. The molecule has 1 fully saturated rings. The quantitative estimate of drug-likeness (QED) is 0.832. The van der Waals surface area contributed by atoms with E-state index in [0.29, 0.717) is 23.8 Å². The maximum Gasteiger partial charge on any atom is 0.228 e. The number of anilines is 2. The van der Waals surface area contributed by atoms with Crippen LogP contribution in [0.3, 0.4) is 0 Å². The Bertz CT molecular complexity index is 726. The average Bonchev–Trinajstić information content (AvgIpc) is 2.64. The number of pyridine rings is 1. The molecule has 0 unspecified atom stereocenters. The molecule has 1 aromatic carbocycles. The number of hydrogen-bond acceptors (Lipinski definition) is 4. The smallest absolute Gasteiger partial charge is 0.228 e. The molecule has 0 aliphatic carbocycles. The van der Waals surface area contributed by atoms with Gasteiger partial charge in [-0.2, -0.15) is 0 Å². The molecule has 0 spiro atoms. The Hall–Kier alpha value is -2.60. The van der Waals surface area contributed by atoms with Crippen LogP contribution in [0, 0.1) is 0 Å². The van der Waals surface area contributed by atoms with Crippen LogP contribution in [0.25, 0.3) is 0 Å². The SMILES string of the molecule is O=CN1CCN(c2ccc(NC(=O)Cc3ccc(Cl)cc3)cn2)CC1.